The van der Waals surface area contributed by atoms with Gasteiger partial charge in [-0.25, -0.2) is 0 Å². The molecule has 0 aromatic heterocycles. The Balaban J connectivity index is 1.93. The molecule has 0 spiro atoms. The van der Waals surface area contributed by atoms with E-state index < -0.39 is 6.10 Å². The minimum absolute atomic E-state index is 0.0125. The van der Waals surface area contributed by atoms with Gasteiger partial charge in [-0.1, -0.05) is 12.1 Å². The highest BCUT2D eigenvalue weighted by atomic mass is 16.5. The Morgan fingerprint density at radius 2 is 2.00 bits per heavy atom. The summed E-state index contributed by atoms with van der Waals surface area (Å²) in [5.41, 5.74) is 0.560. The number of benzene rings is 1. The van der Waals surface area contributed by atoms with E-state index in [1.165, 1.54) is 7.11 Å². The summed E-state index contributed by atoms with van der Waals surface area (Å²) < 4.78 is 10.2. The van der Waals surface area contributed by atoms with Crippen molar-refractivity contribution in [2.45, 2.75) is 25.9 Å². The van der Waals surface area contributed by atoms with Crippen LogP contribution in [0.4, 0.5) is 5.69 Å². The van der Waals surface area contributed by atoms with Gasteiger partial charge in [-0.3, -0.25) is 9.59 Å². The number of rotatable bonds is 5. The Labute approximate surface area is 111 Å². The van der Waals surface area contributed by atoms with Gasteiger partial charge in [0.15, 0.2) is 6.10 Å². The second-order valence-electron chi connectivity index (χ2n) is 4.54. The topological polar surface area (TPSA) is 64.6 Å². The van der Waals surface area contributed by atoms with E-state index in [-0.39, 0.29) is 17.8 Å². The van der Waals surface area contributed by atoms with E-state index in [0.717, 1.165) is 12.8 Å². The van der Waals surface area contributed by atoms with Gasteiger partial charge in [-0.2, -0.15) is 0 Å². The summed E-state index contributed by atoms with van der Waals surface area (Å²) in [4.78, 5) is 23.4. The average molecular weight is 263 g/mol. The molecule has 1 aliphatic rings. The number of para-hydroxylation sites is 2. The lowest BCUT2D eigenvalue weighted by molar-refractivity contribution is -0.154. The molecule has 1 N–H and O–H groups in total. The predicted octanol–water partition coefficient (Wildman–Crippen LogP) is 1.98. The number of anilines is 1. The van der Waals surface area contributed by atoms with E-state index in [1.807, 2.05) is 6.07 Å². The molecular weight excluding hydrogens is 246 g/mol. The Morgan fingerprint density at radius 1 is 1.32 bits per heavy atom. The van der Waals surface area contributed by atoms with E-state index in [0.29, 0.717) is 11.4 Å². The molecule has 5 heteroatoms. The first-order chi connectivity index (χ1) is 9.11. The highest BCUT2D eigenvalue weighted by molar-refractivity contribution is 5.96. The Kier molecular flexibility index (Phi) is 4.04. The van der Waals surface area contributed by atoms with Crippen molar-refractivity contribution in [3.05, 3.63) is 24.3 Å². The molecule has 1 saturated carbocycles. The van der Waals surface area contributed by atoms with Crippen molar-refractivity contribution in [3.63, 3.8) is 0 Å². The first kappa shape index (κ1) is 13.4. The zero-order valence-corrected chi connectivity index (χ0v) is 11.0. The van der Waals surface area contributed by atoms with Gasteiger partial charge in [0.1, 0.15) is 5.75 Å². The molecule has 0 bridgehead atoms. The molecule has 0 saturated heterocycles. The van der Waals surface area contributed by atoms with Crippen LogP contribution in [0.5, 0.6) is 5.75 Å². The van der Waals surface area contributed by atoms with Crippen molar-refractivity contribution >= 4 is 17.6 Å². The number of nitrogens with one attached hydrogen (secondary N) is 1. The van der Waals surface area contributed by atoms with Crippen LogP contribution in [0.2, 0.25) is 0 Å². The highest BCUT2D eigenvalue weighted by Gasteiger charge is 2.33. The van der Waals surface area contributed by atoms with E-state index >= 15 is 0 Å². The third kappa shape index (κ3) is 3.47. The lowest BCUT2D eigenvalue weighted by Crippen LogP contribution is -2.30. The molecule has 2 rings (SSSR count). The summed E-state index contributed by atoms with van der Waals surface area (Å²) in [6, 6.07) is 7.08. The summed E-state index contributed by atoms with van der Waals surface area (Å²) in [6.45, 7) is 1.56. The lowest BCUT2D eigenvalue weighted by atomic mass is 10.2. The Morgan fingerprint density at radius 3 is 2.63 bits per heavy atom. The van der Waals surface area contributed by atoms with E-state index in [1.54, 1.807) is 25.1 Å². The van der Waals surface area contributed by atoms with Gasteiger partial charge < -0.3 is 14.8 Å². The van der Waals surface area contributed by atoms with Crippen LogP contribution in [-0.2, 0) is 14.3 Å². The molecule has 102 valence electrons. The van der Waals surface area contributed by atoms with Gasteiger partial charge >= 0.3 is 5.97 Å². The van der Waals surface area contributed by atoms with Crippen molar-refractivity contribution < 1.29 is 19.1 Å². The molecular formula is C14H17NO4. The Bertz CT molecular complexity index is 482. The summed E-state index contributed by atoms with van der Waals surface area (Å²) in [5, 5.41) is 2.68. The van der Waals surface area contributed by atoms with Crippen LogP contribution in [-0.4, -0.2) is 25.1 Å². The van der Waals surface area contributed by atoms with E-state index in [2.05, 4.69) is 5.32 Å². The quantitative estimate of drug-likeness (QED) is 0.825. The largest absolute Gasteiger partial charge is 0.495 e. The minimum Gasteiger partial charge on any atom is -0.495 e. The molecule has 0 radical (unpaired) electrons. The number of ether oxygens (including phenoxy) is 2. The smallest absolute Gasteiger partial charge is 0.309 e. The van der Waals surface area contributed by atoms with E-state index in [9.17, 15) is 9.59 Å². The van der Waals surface area contributed by atoms with Crippen LogP contribution in [0.15, 0.2) is 24.3 Å². The fraction of sp³-hybridized carbons (Fsp3) is 0.429. The van der Waals surface area contributed by atoms with E-state index in [4.69, 9.17) is 9.47 Å². The summed E-state index contributed by atoms with van der Waals surface area (Å²) >= 11 is 0. The van der Waals surface area contributed by atoms with Crippen LogP contribution in [0.1, 0.15) is 19.8 Å². The SMILES string of the molecule is COc1ccccc1NC(=O)[C@@H](C)OC(=O)C1CC1. The number of hydrogen-bond donors (Lipinski definition) is 1. The van der Waals surface area contributed by atoms with Gasteiger partial charge in [0.25, 0.3) is 5.91 Å². The molecule has 1 aliphatic carbocycles. The van der Waals surface area contributed by atoms with Crippen molar-refractivity contribution in [1.82, 2.24) is 0 Å². The third-order valence-corrected chi connectivity index (χ3v) is 2.94. The normalized spacial score (nSPS) is 15.5. The summed E-state index contributed by atoms with van der Waals surface area (Å²) in [5.74, 6) is -0.0979. The zero-order valence-electron chi connectivity index (χ0n) is 11.0. The number of hydrogen-bond acceptors (Lipinski definition) is 4. The van der Waals surface area contributed by atoms with Gasteiger partial charge in [0, 0.05) is 0 Å². The zero-order chi connectivity index (χ0) is 13.8. The Hall–Kier alpha value is -2.04. The average Bonchev–Trinajstić information content (AvgIpc) is 3.23. The van der Waals surface area contributed by atoms with Gasteiger partial charge in [0.05, 0.1) is 18.7 Å². The first-order valence-corrected chi connectivity index (χ1v) is 6.26. The number of esters is 1. The van der Waals surface area contributed by atoms with Crippen molar-refractivity contribution in [1.29, 1.82) is 0 Å². The second-order valence-corrected chi connectivity index (χ2v) is 4.54. The number of amides is 1. The molecule has 1 fully saturated rings. The van der Waals surface area contributed by atoms with Crippen LogP contribution in [0, 0.1) is 5.92 Å². The molecule has 0 unspecified atom stereocenters. The predicted molar refractivity (Wildman–Crippen MR) is 69.9 cm³/mol. The number of methoxy groups -OCH3 is 1. The molecule has 1 amide bonds. The van der Waals surface area contributed by atoms with Gasteiger partial charge in [-0.15, -0.1) is 0 Å². The summed E-state index contributed by atoms with van der Waals surface area (Å²) in [7, 11) is 1.53. The standard InChI is InChI=1S/C14H17NO4/c1-9(19-14(17)10-7-8-10)13(16)15-11-5-3-4-6-12(11)18-2/h3-6,9-10H,7-8H2,1-2H3,(H,15,16)/t9-/m1/s1. The molecule has 1 atom stereocenters. The molecule has 1 aromatic carbocycles. The molecule has 1 aromatic rings. The maximum Gasteiger partial charge on any atom is 0.309 e. The molecule has 19 heavy (non-hydrogen) atoms. The van der Waals surface area contributed by atoms with Crippen molar-refractivity contribution in [2.24, 2.45) is 5.92 Å². The van der Waals surface area contributed by atoms with Crippen molar-refractivity contribution in [2.75, 3.05) is 12.4 Å². The van der Waals surface area contributed by atoms with Crippen LogP contribution in [0.3, 0.4) is 0 Å². The van der Waals surface area contributed by atoms with Crippen LogP contribution >= 0.6 is 0 Å². The van der Waals surface area contributed by atoms with Crippen LogP contribution < -0.4 is 10.1 Å². The van der Waals surface area contributed by atoms with Gasteiger partial charge in [0.2, 0.25) is 0 Å². The molecule has 0 heterocycles. The third-order valence-electron chi connectivity index (χ3n) is 2.94. The highest BCUT2D eigenvalue weighted by Crippen LogP contribution is 2.30. The number of carbonyl (C=O) groups excluding carboxylic acids is 2. The minimum atomic E-state index is -0.807. The summed E-state index contributed by atoms with van der Waals surface area (Å²) in [6.07, 6.45) is 0.914. The second kappa shape index (κ2) is 5.73. The maximum absolute atomic E-state index is 11.9. The monoisotopic (exact) mass is 263 g/mol. The maximum atomic E-state index is 11.9. The van der Waals surface area contributed by atoms with Crippen LogP contribution in [0.25, 0.3) is 0 Å². The van der Waals surface area contributed by atoms with Gasteiger partial charge in [-0.05, 0) is 31.9 Å². The lowest BCUT2D eigenvalue weighted by Gasteiger charge is -2.14. The fourth-order valence-electron chi connectivity index (χ4n) is 1.63. The number of carbonyl (C=O) groups is 2. The molecule has 0 aliphatic heterocycles. The first-order valence-electron chi connectivity index (χ1n) is 6.26. The fourth-order valence-corrected chi connectivity index (χ4v) is 1.63. The molecule has 5 nitrogen and oxygen atoms in total. The van der Waals surface area contributed by atoms with Crippen molar-refractivity contribution in [3.8, 4) is 5.75 Å².